The van der Waals surface area contributed by atoms with Gasteiger partial charge in [-0.2, -0.15) is 10.4 Å². The van der Waals surface area contributed by atoms with Gasteiger partial charge in [0.15, 0.2) is 0 Å². The summed E-state index contributed by atoms with van der Waals surface area (Å²) in [5.41, 5.74) is 1.83. The zero-order valence-electron chi connectivity index (χ0n) is 15.3. The molecule has 2 aromatic rings. The normalized spacial score (nSPS) is 23.0. The molecule has 2 atom stereocenters. The largest absolute Gasteiger partial charge is 0.391 e. The molecule has 0 unspecified atom stereocenters. The third-order valence-corrected chi connectivity index (χ3v) is 5.67. The van der Waals surface area contributed by atoms with Crippen molar-refractivity contribution in [3.63, 3.8) is 0 Å². The van der Waals surface area contributed by atoms with Crippen LogP contribution in [0, 0.1) is 17.2 Å². The number of nitriles is 1. The van der Waals surface area contributed by atoms with E-state index in [0.29, 0.717) is 37.4 Å². The molecular weight excluding hydrogens is 380 g/mol. The molecule has 1 amide bonds. The van der Waals surface area contributed by atoms with Gasteiger partial charge in [0, 0.05) is 44.4 Å². The van der Waals surface area contributed by atoms with Gasteiger partial charge in [-0.25, -0.2) is 4.68 Å². The second-order valence-electron chi connectivity index (χ2n) is 7.25. The first kappa shape index (κ1) is 18.7. The molecule has 146 valence electrons. The fraction of sp³-hybridized carbons (Fsp3) is 0.474. The minimum Gasteiger partial charge on any atom is -0.391 e. The molecule has 1 N–H and O–H groups in total. The number of carbonyl (C=O) groups is 1. The number of aromatic nitrogens is 3. The Kier molecular flexibility index (Phi) is 5.20. The van der Waals surface area contributed by atoms with Crippen molar-refractivity contribution in [3.8, 4) is 11.8 Å². The van der Waals surface area contributed by atoms with Crippen LogP contribution >= 0.6 is 11.6 Å². The van der Waals surface area contributed by atoms with Crippen LogP contribution in [0.25, 0.3) is 5.69 Å². The van der Waals surface area contributed by atoms with Crippen LogP contribution in [0.15, 0.2) is 30.9 Å². The molecule has 8 nitrogen and oxygen atoms in total. The van der Waals surface area contributed by atoms with E-state index in [1.807, 2.05) is 6.07 Å². The molecule has 0 radical (unpaired) electrons. The number of β-amino-alcohol motifs (C(OH)–C–C–N with tert-alkyl or cyclic N) is 1. The van der Waals surface area contributed by atoms with Gasteiger partial charge in [-0.05, 0) is 18.9 Å². The number of anilines is 1. The van der Waals surface area contributed by atoms with Crippen molar-refractivity contribution < 1.29 is 9.90 Å². The summed E-state index contributed by atoms with van der Waals surface area (Å²) in [5.74, 6) is -0.148. The summed E-state index contributed by atoms with van der Waals surface area (Å²) in [4.78, 5) is 20.8. The Morgan fingerprint density at radius 3 is 2.75 bits per heavy atom. The van der Waals surface area contributed by atoms with Crippen LogP contribution in [0.4, 0.5) is 5.69 Å². The van der Waals surface area contributed by atoms with E-state index in [9.17, 15) is 15.2 Å². The summed E-state index contributed by atoms with van der Waals surface area (Å²) in [6, 6.07) is 3.50. The number of rotatable bonds is 3. The van der Waals surface area contributed by atoms with E-state index < -0.39 is 12.1 Å². The first-order valence-corrected chi connectivity index (χ1v) is 9.72. The van der Waals surface area contributed by atoms with Crippen LogP contribution in [-0.4, -0.2) is 62.5 Å². The van der Waals surface area contributed by atoms with Crippen LogP contribution in [0.5, 0.6) is 0 Å². The lowest BCUT2D eigenvalue weighted by Gasteiger charge is -2.35. The number of nitrogens with zero attached hydrogens (tertiary/aromatic N) is 6. The van der Waals surface area contributed by atoms with Gasteiger partial charge in [0.2, 0.25) is 5.91 Å². The van der Waals surface area contributed by atoms with Crippen molar-refractivity contribution in [1.82, 2.24) is 19.7 Å². The van der Waals surface area contributed by atoms with Crippen LogP contribution in [0.1, 0.15) is 19.3 Å². The summed E-state index contributed by atoms with van der Waals surface area (Å²) in [5, 5.41) is 23.9. The molecule has 2 saturated heterocycles. The molecule has 0 aromatic carbocycles. The van der Waals surface area contributed by atoms with Gasteiger partial charge in [-0.3, -0.25) is 9.78 Å². The minimum atomic E-state index is -0.604. The topological polar surface area (TPSA) is 98.3 Å². The third kappa shape index (κ3) is 3.55. The third-order valence-electron chi connectivity index (χ3n) is 5.47. The summed E-state index contributed by atoms with van der Waals surface area (Å²) >= 11 is 6.00. The highest BCUT2D eigenvalue weighted by Gasteiger charge is 2.38. The number of likely N-dealkylation sites (tertiary alicyclic amines) is 1. The number of amides is 1. The van der Waals surface area contributed by atoms with E-state index in [-0.39, 0.29) is 18.4 Å². The van der Waals surface area contributed by atoms with Gasteiger partial charge < -0.3 is 14.9 Å². The highest BCUT2D eigenvalue weighted by molar-refractivity contribution is 6.30. The van der Waals surface area contributed by atoms with Gasteiger partial charge in [0.25, 0.3) is 0 Å². The zero-order valence-corrected chi connectivity index (χ0v) is 16.0. The maximum atomic E-state index is 12.9. The molecule has 28 heavy (non-hydrogen) atoms. The molecule has 0 bridgehead atoms. The van der Waals surface area contributed by atoms with Crippen molar-refractivity contribution in [2.45, 2.75) is 31.4 Å². The summed E-state index contributed by atoms with van der Waals surface area (Å²) in [6.07, 6.45) is 7.97. The van der Waals surface area contributed by atoms with Gasteiger partial charge in [0.1, 0.15) is 6.04 Å². The molecule has 2 aliphatic heterocycles. The molecule has 2 aromatic heterocycles. The van der Waals surface area contributed by atoms with E-state index in [0.717, 1.165) is 11.4 Å². The molecule has 9 heteroatoms. The molecule has 2 fully saturated rings. The molecule has 0 spiro atoms. The summed E-state index contributed by atoms with van der Waals surface area (Å²) in [7, 11) is 0. The number of halogens is 1. The van der Waals surface area contributed by atoms with E-state index in [1.165, 1.54) is 0 Å². The van der Waals surface area contributed by atoms with E-state index in [4.69, 9.17) is 11.6 Å². The van der Waals surface area contributed by atoms with Gasteiger partial charge in [0.05, 0.1) is 41.0 Å². The van der Waals surface area contributed by atoms with Crippen molar-refractivity contribution in [1.29, 1.82) is 5.26 Å². The first-order valence-electron chi connectivity index (χ1n) is 9.34. The average Bonchev–Trinajstić information content (AvgIpc) is 3.33. The smallest absolute Gasteiger partial charge is 0.226 e. The number of hydrogen-bond donors (Lipinski definition) is 1. The Morgan fingerprint density at radius 2 is 2.07 bits per heavy atom. The number of aliphatic hydroxyl groups excluding tert-OH is 1. The quantitative estimate of drug-likeness (QED) is 0.840. The lowest BCUT2D eigenvalue weighted by atomic mass is 9.94. The Labute approximate surface area is 167 Å². The second-order valence-corrected chi connectivity index (χ2v) is 7.69. The lowest BCUT2D eigenvalue weighted by Crippen LogP contribution is -2.44. The van der Waals surface area contributed by atoms with Gasteiger partial charge in [-0.15, -0.1) is 0 Å². The minimum absolute atomic E-state index is 0.0204. The average molecular weight is 401 g/mol. The Morgan fingerprint density at radius 1 is 1.29 bits per heavy atom. The van der Waals surface area contributed by atoms with Crippen molar-refractivity contribution in [3.05, 3.63) is 35.9 Å². The SMILES string of the molecule is N#C[C@H]1C[C@H](O)CN1C(=O)C1CCN(c2cnccc2-n2cc(Cl)cn2)CC1. The molecular formula is C19H21ClN6O2. The maximum absolute atomic E-state index is 12.9. The van der Waals surface area contributed by atoms with Crippen LogP contribution in [0.2, 0.25) is 5.02 Å². The first-order chi connectivity index (χ1) is 13.6. The molecule has 4 heterocycles. The Balaban J connectivity index is 1.45. The second kappa shape index (κ2) is 7.78. The number of aliphatic hydroxyl groups is 1. The Hall–Kier alpha value is -2.63. The number of hydrogen-bond acceptors (Lipinski definition) is 6. The predicted molar refractivity (Wildman–Crippen MR) is 103 cm³/mol. The van der Waals surface area contributed by atoms with Crippen LogP contribution < -0.4 is 4.90 Å². The van der Waals surface area contributed by atoms with E-state index in [2.05, 4.69) is 21.1 Å². The fourth-order valence-corrected chi connectivity index (χ4v) is 4.17. The molecule has 0 aliphatic carbocycles. The van der Waals surface area contributed by atoms with Crippen LogP contribution in [0.3, 0.4) is 0 Å². The fourth-order valence-electron chi connectivity index (χ4n) is 4.03. The van der Waals surface area contributed by atoms with E-state index >= 15 is 0 Å². The summed E-state index contributed by atoms with van der Waals surface area (Å²) < 4.78 is 1.72. The maximum Gasteiger partial charge on any atom is 0.226 e. The zero-order chi connectivity index (χ0) is 19.7. The molecule has 4 rings (SSSR count). The highest BCUT2D eigenvalue weighted by Crippen LogP contribution is 2.30. The van der Waals surface area contributed by atoms with Gasteiger partial charge >= 0.3 is 0 Å². The van der Waals surface area contributed by atoms with Crippen molar-refractivity contribution >= 4 is 23.2 Å². The molecule has 2 aliphatic rings. The summed E-state index contributed by atoms with van der Waals surface area (Å²) in [6.45, 7) is 1.67. The lowest BCUT2D eigenvalue weighted by molar-refractivity contribution is -0.136. The monoisotopic (exact) mass is 400 g/mol. The van der Waals surface area contributed by atoms with Crippen LogP contribution in [-0.2, 0) is 4.79 Å². The predicted octanol–water partition coefficient (Wildman–Crippen LogP) is 1.62. The van der Waals surface area contributed by atoms with E-state index in [1.54, 1.807) is 34.4 Å². The van der Waals surface area contributed by atoms with Gasteiger partial charge in [-0.1, -0.05) is 11.6 Å². The number of pyridine rings is 1. The standard InChI is InChI=1S/C19H21ClN6O2/c20-14-9-23-26(11-14)17-1-4-22-10-18(17)24-5-2-13(3-6-24)19(28)25-12-16(27)7-15(25)8-21/h1,4,9-11,13,15-16,27H,2-3,5-7,12H2/t15-,16+/m1/s1. The highest BCUT2D eigenvalue weighted by atomic mass is 35.5. The van der Waals surface area contributed by atoms with Crippen molar-refractivity contribution in [2.75, 3.05) is 24.5 Å². The number of carbonyl (C=O) groups excluding carboxylic acids is 1. The Bertz CT molecular complexity index is 902. The number of piperidine rings is 1. The molecule has 0 saturated carbocycles. The van der Waals surface area contributed by atoms with Crippen molar-refractivity contribution in [2.24, 2.45) is 5.92 Å².